The highest BCUT2D eigenvalue weighted by Gasteiger charge is 2.24. The number of Topliss-reactive ketones (excluding diaryl/α,β-unsaturated/α-hetero) is 1. The average Bonchev–Trinajstić information content (AvgIpc) is 2.56. The summed E-state index contributed by atoms with van der Waals surface area (Å²) in [5.74, 6) is 0.889. The van der Waals surface area contributed by atoms with Crippen LogP contribution in [0, 0.1) is 0 Å². The molecule has 4 heteroatoms. The van der Waals surface area contributed by atoms with Crippen molar-refractivity contribution in [2.24, 2.45) is 0 Å². The van der Waals surface area contributed by atoms with Gasteiger partial charge >= 0.3 is 0 Å². The number of aliphatic hydroxyl groups is 1. The minimum atomic E-state index is 0.0314. The summed E-state index contributed by atoms with van der Waals surface area (Å²) in [6.45, 7) is 0. The fourth-order valence-electron chi connectivity index (χ4n) is 2.77. The first-order valence-electron chi connectivity index (χ1n) is 7.57. The van der Waals surface area contributed by atoms with E-state index >= 15 is 0 Å². The highest BCUT2D eigenvalue weighted by Crippen LogP contribution is 2.32. The van der Waals surface area contributed by atoms with Crippen LogP contribution >= 0.6 is 23.4 Å². The summed E-state index contributed by atoms with van der Waals surface area (Å²) < 4.78 is 0. The largest absolute Gasteiger partial charge is 0.512 e. The molecule has 0 radical (unpaired) electrons. The van der Waals surface area contributed by atoms with E-state index in [0.29, 0.717) is 29.2 Å². The number of hydrogen-bond acceptors (Lipinski definition) is 3. The summed E-state index contributed by atoms with van der Waals surface area (Å²) in [6, 6.07) is 15.4. The molecule has 0 saturated heterocycles. The molecule has 0 atom stereocenters. The van der Waals surface area contributed by atoms with Crippen molar-refractivity contribution in [1.82, 2.24) is 0 Å². The number of rotatable bonds is 4. The SMILES string of the molecule is O=C1CCc2ccccc2/C1=C(/O)CCSc1ccccc1Cl. The standard InChI is InChI=1S/C19H17ClO2S/c20-15-7-3-4-8-18(15)23-12-11-17(22)19-14-6-2-1-5-13(14)9-10-16(19)21/h1-8,22H,9-12H2/b19-17-. The number of carbonyl (C=O) groups is 1. The van der Waals surface area contributed by atoms with Crippen molar-refractivity contribution in [2.45, 2.75) is 24.2 Å². The fraction of sp³-hybridized carbons (Fsp3) is 0.211. The second kappa shape index (κ2) is 7.24. The van der Waals surface area contributed by atoms with Crippen LogP contribution in [0.25, 0.3) is 5.57 Å². The number of hydrogen-bond donors (Lipinski definition) is 1. The lowest BCUT2D eigenvalue weighted by Gasteiger charge is -2.19. The van der Waals surface area contributed by atoms with Gasteiger partial charge < -0.3 is 5.11 Å². The molecule has 0 spiro atoms. The van der Waals surface area contributed by atoms with Gasteiger partial charge in [-0.25, -0.2) is 0 Å². The third-order valence-corrected chi connectivity index (χ3v) is 5.43. The van der Waals surface area contributed by atoms with Gasteiger partial charge in [-0.1, -0.05) is 48.0 Å². The van der Waals surface area contributed by atoms with Crippen LogP contribution in [0.4, 0.5) is 0 Å². The normalized spacial score (nSPS) is 16.1. The molecular formula is C19H17ClO2S. The molecule has 0 amide bonds. The number of thioether (sulfide) groups is 1. The zero-order valence-electron chi connectivity index (χ0n) is 12.6. The molecule has 1 N–H and O–H groups in total. The Morgan fingerprint density at radius 3 is 2.65 bits per heavy atom. The van der Waals surface area contributed by atoms with Gasteiger partial charge in [0.15, 0.2) is 5.78 Å². The summed E-state index contributed by atoms with van der Waals surface area (Å²) >= 11 is 7.71. The van der Waals surface area contributed by atoms with Crippen LogP contribution in [0.15, 0.2) is 59.2 Å². The van der Waals surface area contributed by atoms with Crippen molar-refractivity contribution < 1.29 is 9.90 Å². The Kier molecular flexibility index (Phi) is 5.09. The molecule has 1 aliphatic rings. The van der Waals surface area contributed by atoms with Crippen molar-refractivity contribution in [2.75, 3.05) is 5.75 Å². The quantitative estimate of drug-likeness (QED) is 0.464. The second-order valence-electron chi connectivity index (χ2n) is 5.43. The minimum Gasteiger partial charge on any atom is -0.512 e. The van der Waals surface area contributed by atoms with Crippen molar-refractivity contribution in [1.29, 1.82) is 0 Å². The van der Waals surface area contributed by atoms with Crippen LogP contribution in [0.1, 0.15) is 24.0 Å². The summed E-state index contributed by atoms with van der Waals surface area (Å²) in [5.41, 5.74) is 2.50. The Bertz CT molecular complexity index is 767. The molecule has 23 heavy (non-hydrogen) atoms. The topological polar surface area (TPSA) is 37.3 Å². The lowest BCUT2D eigenvalue weighted by Crippen LogP contribution is -2.14. The first-order chi connectivity index (χ1) is 11.2. The Labute approximate surface area is 145 Å². The third-order valence-electron chi connectivity index (χ3n) is 3.91. The maximum absolute atomic E-state index is 12.2. The van der Waals surface area contributed by atoms with E-state index in [1.54, 1.807) is 11.8 Å². The number of ketones is 1. The molecule has 0 aliphatic heterocycles. The first-order valence-corrected chi connectivity index (χ1v) is 8.94. The van der Waals surface area contributed by atoms with Crippen LogP contribution < -0.4 is 0 Å². The summed E-state index contributed by atoms with van der Waals surface area (Å²) in [6.07, 6.45) is 1.67. The van der Waals surface area contributed by atoms with Crippen molar-refractivity contribution in [3.8, 4) is 0 Å². The molecule has 0 heterocycles. The van der Waals surface area contributed by atoms with Crippen molar-refractivity contribution in [3.63, 3.8) is 0 Å². The van der Waals surface area contributed by atoms with Crippen LogP contribution in [0.2, 0.25) is 5.02 Å². The molecular weight excluding hydrogens is 328 g/mol. The highest BCUT2D eigenvalue weighted by atomic mass is 35.5. The lowest BCUT2D eigenvalue weighted by atomic mass is 9.85. The van der Waals surface area contributed by atoms with Gasteiger partial charge in [-0.2, -0.15) is 0 Å². The number of benzene rings is 2. The number of allylic oxidation sites excluding steroid dienone is 2. The van der Waals surface area contributed by atoms with Gasteiger partial charge in [0.05, 0.1) is 10.6 Å². The van der Waals surface area contributed by atoms with Gasteiger partial charge in [0.2, 0.25) is 0 Å². The smallest absolute Gasteiger partial charge is 0.167 e. The van der Waals surface area contributed by atoms with Crippen molar-refractivity contribution in [3.05, 3.63) is 70.4 Å². The van der Waals surface area contributed by atoms with Crippen LogP contribution in [0.3, 0.4) is 0 Å². The van der Waals surface area contributed by atoms with Crippen LogP contribution in [0.5, 0.6) is 0 Å². The second-order valence-corrected chi connectivity index (χ2v) is 6.97. The molecule has 0 saturated carbocycles. The van der Waals surface area contributed by atoms with Crippen LogP contribution in [-0.4, -0.2) is 16.6 Å². The van der Waals surface area contributed by atoms with Crippen LogP contribution in [-0.2, 0) is 11.2 Å². The van der Waals surface area contributed by atoms with E-state index in [4.69, 9.17) is 11.6 Å². The third kappa shape index (κ3) is 3.62. The minimum absolute atomic E-state index is 0.0314. The van der Waals surface area contributed by atoms with Gasteiger partial charge in [-0.15, -0.1) is 11.8 Å². The molecule has 2 nitrogen and oxygen atoms in total. The maximum atomic E-state index is 12.2. The Balaban J connectivity index is 1.76. The van der Waals surface area contributed by atoms with Gasteiger partial charge in [0.1, 0.15) is 5.76 Å². The summed E-state index contributed by atoms with van der Waals surface area (Å²) in [4.78, 5) is 13.2. The molecule has 118 valence electrons. The summed E-state index contributed by atoms with van der Waals surface area (Å²) in [7, 11) is 0. The predicted octanol–water partition coefficient (Wildman–Crippen LogP) is 5.31. The van der Waals surface area contributed by atoms with E-state index < -0.39 is 0 Å². The van der Waals surface area contributed by atoms with Gasteiger partial charge in [-0.3, -0.25) is 4.79 Å². The van der Waals surface area contributed by atoms with E-state index in [0.717, 1.165) is 22.4 Å². The Morgan fingerprint density at radius 2 is 1.83 bits per heavy atom. The molecule has 2 aromatic carbocycles. The summed E-state index contributed by atoms with van der Waals surface area (Å²) in [5, 5.41) is 11.2. The highest BCUT2D eigenvalue weighted by molar-refractivity contribution is 7.99. The van der Waals surface area contributed by atoms with E-state index in [9.17, 15) is 9.90 Å². The first kappa shape index (κ1) is 16.2. The Morgan fingerprint density at radius 1 is 1.09 bits per heavy atom. The molecule has 1 aliphatic carbocycles. The van der Waals surface area contributed by atoms with Crippen molar-refractivity contribution >= 4 is 34.7 Å². The van der Waals surface area contributed by atoms with Gasteiger partial charge in [0.25, 0.3) is 0 Å². The molecule has 2 aromatic rings. The van der Waals surface area contributed by atoms with E-state index in [1.165, 1.54) is 0 Å². The number of aliphatic hydroxyl groups excluding tert-OH is 1. The van der Waals surface area contributed by atoms with E-state index in [2.05, 4.69) is 0 Å². The fourth-order valence-corrected chi connectivity index (χ4v) is 3.96. The van der Waals surface area contributed by atoms with E-state index in [1.807, 2.05) is 48.5 Å². The lowest BCUT2D eigenvalue weighted by molar-refractivity contribution is -0.114. The molecule has 0 fully saturated rings. The zero-order valence-corrected chi connectivity index (χ0v) is 14.2. The maximum Gasteiger partial charge on any atom is 0.167 e. The monoisotopic (exact) mass is 344 g/mol. The number of fused-ring (bicyclic) bond motifs is 1. The Hall–Kier alpha value is -1.71. The van der Waals surface area contributed by atoms with E-state index in [-0.39, 0.29) is 11.5 Å². The van der Waals surface area contributed by atoms with Gasteiger partial charge in [0, 0.05) is 23.5 Å². The number of aryl methyl sites for hydroxylation is 1. The molecule has 0 bridgehead atoms. The molecule has 0 aromatic heterocycles. The predicted molar refractivity (Wildman–Crippen MR) is 96.1 cm³/mol. The average molecular weight is 345 g/mol. The number of carbonyl (C=O) groups excluding carboxylic acids is 1. The molecule has 3 rings (SSSR count). The molecule has 0 unspecified atom stereocenters. The zero-order chi connectivity index (χ0) is 16.2. The number of halogens is 1. The van der Waals surface area contributed by atoms with Gasteiger partial charge in [-0.05, 0) is 29.7 Å².